The molecule has 0 unspecified atom stereocenters. The fourth-order valence-electron chi connectivity index (χ4n) is 2.08. The van der Waals surface area contributed by atoms with Crippen molar-refractivity contribution in [1.82, 2.24) is 9.97 Å². The third-order valence-electron chi connectivity index (χ3n) is 3.10. The fourth-order valence-corrected chi connectivity index (χ4v) is 2.27. The fraction of sp³-hybridized carbons (Fsp3) is 0.0588. The van der Waals surface area contributed by atoms with Crippen molar-refractivity contribution in [2.75, 3.05) is 12.4 Å². The van der Waals surface area contributed by atoms with Crippen molar-refractivity contribution in [2.24, 2.45) is 0 Å². The number of aromatic nitrogens is 2. The molecule has 0 bridgehead atoms. The summed E-state index contributed by atoms with van der Waals surface area (Å²) in [6, 6.07) is 19.0. The Bertz CT molecular complexity index is 778. The van der Waals surface area contributed by atoms with E-state index in [2.05, 4.69) is 15.3 Å². The molecule has 0 aliphatic carbocycles. The number of ether oxygens (including phenoxy) is 1. The van der Waals surface area contributed by atoms with Gasteiger partial charge in [-0.2, -0.15) is 0 Å². The number of para-hydroxylation sites is 2. The highest BCUT2D eigenvalue weighted by Crippen LogP contribution is 2.28. The smallest absolute Gasteiger partial charge is 0.163 e. The van der Waals surface area contributed by atoms with Crippen molar-refractivity contribution in [1.29, 1.82) is 0 Å². The van der Waals surface area contributed by atoms with E-state index in [1.807, 2.05) is 54.6 Å². The Balaban J connectivity index is 1.96. The second kappa shape index (κ2) is 6.45. The molecule has 0 aliphatic rings. The summed E-state index contributed by atoms with van der Waals surface area (Å²) in [6.45, 7) is 0. The molecule has 3 aromatic rings. The van der Waals surface area contributed by atoms with Crippen LogP contribution in [0.3, 0.4) is 0 Å². The van der Waals surface area contributed by atoms with Gasteiger partial charge < -0.3 is 10.1 Å². The molecular formula is C17H14ClN3O. The number of methoxy groups -OCH3 is 1. The van der Waals surface area contributed by atoms with Gasteiger partial charge in [0, 0.05) is 11.6 Å². The van der Waals surface area contributed by atoms with Gasteiger partial charge in [0.2, 0.25) is 0 Å². The van der Waals surface area contributed by atoms with E-state index in [1.54, 1.807) is 13.2 Å². The van der Waals surface area contributed by atoms with Crippen LogP contribution in [0, 0.1) is 0 Å². The van der Waals surface area contributed by atoms with Gasteiger partial charge in [0.05, 0.1) is 12.8 Å². The molecule has 0 aliphatic heterocycles. The molecular weight excluding hydrogens is 298 g/mol. The number of nitrogens with zero attached hydrogens (tertiary/aromatic N) is 2. The predicted octanol–water partition coefficient (Wildman–Crippen LogP) is 4.55. The van der Waals surface area contributed by atoms with E-state index in [0.717, 1.165) is 17.0 Å². The molecule has 1 heterocycles. The highest BCUT2D eigenvalue weighted by atomic mass is 35.5. The van der Waals surface area contributed by atoms with Crippen LogP contribution >= 0.6 is 11.6 Å². The lowest BCUT2D eigenvalue weighted by Gasteiger charge is -2.11. The van der Waals surface area contributed by atoms with Crippen LogP contribution in [0.1, 0.15) is 0 Å². The Labute approximate surface area is 133 Å². The van der Waals surface area contributed by atoms with E-state index in [-0.39, 0.29) is 0 Å². The maximum Gasteiger partial charge on any atom is 0.163 e. The first-order chi connectivity index (χ1) is 10.8. The Hall–Kier alpha value is -2.59. The van der Waals surface area contributed by atoms with Crippen molar-refractivity contribution in [2.45, 2.75) is 0 Å². The summed E-state index contributed by atoms with van der Waals surface area (Å²) >= 11 is 6.12. The van der Waals surface area contributed by atoms with Crippen molar-refractivity contribution >= 4 is 23.1 Å². The molecule has 110 valence electrons. The normalized spacial score (nSPS) is 10.3. The quantitative estimate of drug-likeness (QED) is 0.718. The molecule has 0 fully saturated rings. The molecule has 4 nitrogen and oxygen atoms in total. The van der Waals surface area contributed by atoms with Crippen LogP contribution in [-0.2, 0) is 0 Å². The van der Waals surface area contributed by atoms with Crippen LogP contribution in [-0.4, -0.2) is 17.1 Å². The molecule has 0 spiro atoms. The summed E-state index contributed by atoms with van der Waals surface area (Å²) in [6.07, 6.45) is 0. The Morgan fingerprint density at radius 3 is 2.45 bits per heavy atom. The van der Waals surface area contributed by atoms with E-state index in [4.69, 9.17) is 16.3 Å². The molecule has 0 radical (unpaired) electrons. The SMILES string of the molecule is COc1ccccc1Nc1cc(Cl)nc(-c2ccccc2)n1. The number of halogens is 1. The summed E-state index contributed by atoms with van der Waals surface area (Å²) in [5.41, 5.74) is 1.73. The van der Waals surface area contributed by atoms with Gasteiger partial charge in [-0.3, -0.25) is 0 Å². The third-order valence-corrected chi connectivity index (χ3v) is 3.29. The van der Waals surface area contributed by atoms with Crippen molar-refractivity contribution in [3.05, 3.63) is 65.8 Å². The molecule has 3 rings (SSSR count). The summed E-state index contributed by atoms with van der Waals surface area (Å²) in [5, 5.41) is 3.59. The maximum absolute atomic E-state index is 6.12. The summed E-state index contributed by atoms with van der Waals surface area (Å²) < 4.78 is 5.32. The van der Waals surface area contributed by atoms with Gasteiger partial charge in [0.1, 0.15) is 16.7 Å². The minimum Gasteiger partial charge on any atom is -0.495 e. The largest absolute Gasteiger partial charge is 0.495 e. The molecule has 22 heavy (non-hydrogen) atoms. The van der Waals surface area contributed by atoms with Crippen molar-refractivity contribution < 1.29 is 4.74 Å². The number of hydrogen-bond acceptors (Lipinski definition) is 4. The number of anilines is 2. The van der Waals surface area contributed by atoms with Gasteiger partial charge in [-0.1, -0.05) is 54.1 Å². The van der Waals surface area contributed by atoms with Crippen LogP contribution < -0.4 is 10.1 Å². The zero-order chi connectivity index (χ0) is 15.4. The second-order valence-corrected chi connectivity index (χ2v) is 4.98. The van der Waals surface area contributed by atoms with Crippen LogP contribution in [0.25, 0.3) is 11.4 Å². The molecule has 0 saturated carbocycles. The zero-order valence-corrected chi connectivity index (χ0v) is 12.7. The minimum absolute atomic E-state index is 0.381. The van der Waals surface area contributed by atoms with Crippen molar-refractivity contribution in [3.8, 4) is 17.1 Å². The highest BCUT2D eigenvalue weighted by molar-refractivity contribution is 6.29. The lowest BCUT2D eigenvalue weighted by atomic mass is 10.2. The van der Waals surface area contributed by atoms with Crippen LogP contribution in [0.4, 0.5) is 11.5 Å². The molecule has 0 atom stereocenters. The lowest BCUT2D eigenvalue weighted by molar-refractivity contribution is 0.417. The summed E-state index contributed by atoms with van der Waals surface area (Å²) in [7, 11) is 1.63. The second-order valence-electron chi connectivity index (χ2n) is 4.59. The number of hydrogen-bond donors (Lipinski definition) is 1. The van der Waals surface area contributed by atoms with Crippen LogP contribution in [0.5, 0.6) is 5.75 Å². The molecule has 0 saturated heterocycles. The van der Waals surface area contributed by atoms with Crippen molar-refractivity contribution in [3.63, 3.8) is 0 Å². The number of rotatable bonds is 4. The van der Waals surface area contributed by atoms with Gasteiger partial charge in [-0.25, -0.2) is 9.97 Å². The van der Waals surface area contributed by atoms with E-state index in [1.165, 1.54) is 0 Å². The first-order valence-corrected chi connectivity index (χ1v) is 7.14. The number of nitrogens with one attached hydrogen (secondary N) is 1. The van der Waals surface area contributed by atoms with E-state index in [0.29, 0.717) is 16.8 Å². The van der Waals surface area contributed by atoms with E-state index < -0.39 is 0 Å². The summed E-state index contributed by atoms with van der Waals surface area (Å²) in [5.74, 6) is 1.92. The minimum atomic E-state index is 0.381. The highest BCUT2D eigenvalue weighted by Gasteiger charge is 2.08. The van der Waals surface area contributed by atoms with Gasteiger partial charge in [0.15, 0.2) is 5.82 Å². The molecule has 1 N–H and O–H groups in total. The molecule has 0 amide bonds. The molecule has 1 aromatic heterocycles. The van der Waals surface area contributed by atoms with Gasteiger partial charge in [-0.15, -0.1) is 0 Å². The van der Waals surface area contributed by atoms with E-state index >= 15 is 0 Å². The average Bonchev–Trinajstić information content (AvgIpc) is 2.56. The number of benzene rings is 2. The lowest BCUT2D eigenvalue weighted by Crippen LogP contribution is -1.99. The standard InChI is InChI=1S/C17H14ClN3O/c1-22-14-10-6-5-9-13(14)19-16-11-15(18)20-17(21-16)12-7-3-2-4-8-12/h2-11H,1H3,(H,19,20,21). The topological polar surface area (TPSA) is 47.0 Å². The first-order valence-electron chi connectivity index (χ1n) is 6.76. The maximum atomic E-state index is 6.12. The Morgan fingerprint density at radius 1 is 0.955 bits per heavy atom. The molecule has 5 heteroatoms. The van der Waals surface area contributed by atoms with E-state index in [9.17, 15) is 0 Å². The monoisotopic (exact) mass is 311 g/mol. The van der Waals surface area contributed by atoms with Crippen LogP contribution in [0.15, 0.2) is 60.7 Å². The third kappa shape index (κ3) is 3.18. The average molecular weight is 312 g/mol. The van der Waals surface area contributed by atoms with Gasteiger partial charge in [-0.05, 0) is 12.1 Å². The van der Waals surface area contributed by atoms with Gasteiger partial charge in [0.25, 0.3) is 0 Å². The molecule has 2 aromatic carbocycles. The predicted molar refractivity (Wildman–Crippen MR) is 88.8 cm³/mol. The Morgan fingerprint density at radius 2 is 1.68 bits per heavy atom. The Kier molecular flexibility index (Phi) is 4.21. The summed E-state index contributed by atoms with van der Waals surface area (Å²) in [4.78, 5) is 8.78. The zero-order valence-electron chi connectivity index (χ0n) is 12.0. The van der Waals surface area contributed by atoms with Crippen LogP contribution in [0.2, 0.25) is 5.15 Å². The first kappa shape index (κ1) is 14.4. The van der Waals surface area contributed by atoms with Gasteiger partial charge >= 0.3 is 0 Å².